The lowest BCUT2D eigenvalue weighted by molar-refractivity contribution is -0.142. The van der Waals surface area contributed by atoms with Crippen LogP contribution in [0.3, 0.4) is 0 Å². The van der Waals surface area contributed by atoms with Gasteiger partial charge in [-0.1, -0.05) is 50.6 Å². The average Bonchev–Trinajstić information content (AvgIpc) is 3.32. The number of halogens is 3. The minimum atomic E-state index is -4.66. The number of anilines is 1. The van der Waals surface area contributed by atoms with Gasteiger partial charge in [-0.2, -0.15) is 23.4 Å². The predicted octanol–water partition coefficient (Wildman–Crippen LogP) is 4.85. The highest BCUT2D eigenvalue weighted by Gasteiger charge is 2.36. The number of amides is 1. The second-order valence-electron chi connectivity index (χ2n) is 8.92. The molecular weight excluding hydrogens is 433 g/mol. The molecule has 172 valence electrons. The van der Waals surface area contributed by atoms with Gasteiger partial charge in [0.1, 0.15) is 5.69 Å². The molecule has 0 aliphatic rings. The quantitative estimate of drug-likeness (QED) is 0.476. The molecule has 3 aromatic heterocycles. The van der Waals surface area contributed by atoms with Crippen molar-refractivity contribution < 1.29 is 18.0 Å². The van der Waals surface area contributed by atoms with Crippen LogP contribution in [-0.4, -0.2) is 30.3 Å². The number of alkyl halides is 3. The predicted molar refractivity (Wildman–Crippen MR) is 117 cm³/mol. The summed E-state index contributed by atoms with van der Waals surface area (Å²) in [6, 6.07) is 11.8. The van der Waals surface area contributed by atoms with Crippen LogP contribution in [0.2, 0.25) is 0 Å². The van der Waals surface area contributed by atoms with Crippen LogP contribution in [0.15, 0.2) is 48.7 Å². The maximum absolute atomic E-state index is 13.6. The molecule has 33 heavy (non-hydrogen) atoms. The van der Waals surface area contributed by atoms with Gasteiger partial charge in [-0.15, -0.1) is 0 Å². The lowest BCUT2D eigenvalue weighted by atomic mass is 9.91. The average molecular weight is 456 g/mol. The topological polar surface area (TPSA) is 77.1 Å². The van der Waals surface area contributed by atoms with Crippen LogP contribution in [0, 0.1) is 6.92 Å². The number of aryl methyl sites for hydroxylation is 1. The minimum absolute atomic E-state index is 0.0510. The summed E-state index contributed by atoms with van der Waals surface area (Å²) < 4.78 is 43.3. The number of fused-ring (bicyclic) bond motifs is 1. The summed E-state index contributed by atoms with van der Waals surface area (Å²) in [6.45, 7) is 7.81. The first-order valence-corrected chi connectivity index (χ1v) is 10.3. The largest absolute Gasteiger partial charge is 0.433 e. The molecule has 1 aromatic carbocycles. The molecule has 0 unspecified atom stereocenters. The van der Waals surface area contributed by atoms with Gasteiger partial charge >= 0.3 is 6.18 Å². The smallest absolute Gasteiger partial charge is 0.304 e. The van der Waals surface area contributed by atoms with Crippen molar-refractivity contribution in [2.45, 2.75) is 45.8 Å². The van der Waals surface area contributed by atoms with Crippen LogP contribution in [0.25, 0.3) is 5.65 Å². The van der Waals surface area contributed by atoms with Crippen LogP contribution in [0.4, 0.5) is 19.0 Å². The molecule has 0 fully saturated rings. The normalized spacial score (nSPS) is 12.3. The van der Waals surface area contributed by atoms with Gasteiger partial charge in [0, 0.05) is 23.7 Å². The Balaban J connectivity index is 1.59. The number of hydrogen-bond donors (Lipinski definition) is 1. The second kappa shape index (κ2) is 8.02. The minimum Gasteiger partial charge on any atom is -0.304 e. The number of carbonyl (C=O) groups excluding carboxylic acids is 1. The molecule has 0 atom stereocenters. The lowest BCUT2D eigenvalue weighted by Gasteiger charge is -2.19. The summed E-state index contributed by atoms with van der Waals surface area (Å²) in [7, 11) is 0. The van der Waals surface area contributed by atoms with E-state index in [2.05, 4.69) is 20.5 Å². The molecule has 0 aliphatic carbocycles. The molecule has 0 radical (unpaired) electrons. The Labute approximate surface area is 188 Å². The Bertz CT molecular complexity index is 1330. The van der Waals surface area contributed by atoms with Crippen molar-refractivity contribution in [1.82, 2.24) is 24.4 Å². The molecule has 1 amide bonds. The first-order chi connectivity index (χ1) is 15.4. The Morgan fingerprint density at radius 1 is 1.06 bits per heavy atom. The van der Waals surface area contributed by atoms with E-state index in [0.29, 0.717) is 11.1 Å². The molecule has 4 rings (SSSR count). The second-order valence-corrected chi connectivity index (χ2v) is 8.92. The first-order valence-electron chi connectivity index (χ1n) is 10.3. The van der Waals surface area contributed by atoms with Gasteiger partial charge in [0.2, 0.25) is 0 Å². The summed E-state index contributed by atoms with van der Waals surface area (Å²) in [6.07, 6.45) is -2.95. The molecule has 0 spiro atoms. The van der Waals surface area contributed by atoms with E-state index in [1.54, 1.807) is 37.7 Å². The number of aromatic nitrogens is 5. The highest BCUT2D eigenvalue weighted by atomic mass is 19.4. The number of hydrogen-bond acceptors (Lipinski definition) is 4. The standard InChI is InChI=1S/C23H23F3N6O/c1-14-6-5-7-15(10-14)13-31-9-8-19(30-31)28-21(33)16-11-20-27-17(22(2,3)4)12-18(23(24,25)26)32(20)29-16/h5-12H,13H2,1-4H3,(H,28,30,33). The zero-order chi connectivity index (χ0) is 24.0. The highest BCUT2D eigenvalue weighted by Crippen LogP contribution is 2.32. The van der Waals surface area contributed by atoms with Crippen molar-refractivity contribution in [3.05, 3.63) is 76.9 Å². The van der Waals surface area contributed by atoms with E-state index in [1.165, 1.54) is 6.07 Å². The van der Waals surface area contributed by atoms with Gasteiger partial charge < -0.3 is 5.32 Å². The molecule has 0 saturated carbocycles. The third-order valence-electron chi connectivity index (χ3n) is 5.03. The van der Waals surface area contributed by atoms with Gasteiger partial charge in [0.25, 0.3) is 5.91 Å². The SMILES string of the molecule is Cc1cccc(Cn2ccc(NC(=O)c3cc4nc(C(C)(C)C)cc(C(F)(F)F)n4n3)n2)c1. The molecule has 3 heterocycles. The fraction of sp³-hybridized carbons (Fsp3) is 0.304. The Morgan fingerprint density at radius 3 is 2.48 bits per heavy atom. The van der Waals surface area contributed by atoms with Crippen LogP contribution in [0.5, 0.6) is 0 Å². The molecule has 7 nitrogen and oxygen atoms in total. The van der Waals surface area contributed by atoms with Crippen LogP contribution >= 0.6 is 0 Å². The fourth-order valence-electron chi connectivity index (χ4n) is 3.37. The van der Waals surface area contributed by atoms with E-state index in [9.17, 15) is 18.0 Å². The Kier molecular flexibility index (Phi) is 5.47. The highest BCUT2D eigenvalue weighted by molar-refractivity contribution is 6.02. The van der Waals surface area contributed by atoms with E-state index in [1.807, 2.05) is 31.2 Å². The van der Waals surface area contributed by atoms with Crippen molar-refractivity contribution in [2.24, 2.45) is 0 Å². The van der Waals surface area contributed by atoms with Crippen molar-refractivity contribution in [1.29, 1.82) is 0 Å². The molecule has 0 saturated heterocycles. The summed E-state index contributed by atoms with van der Waals surface area (Å²) in [5.41, 5.74) is 0.594. The van der Waals surface area contributed by atoms with Gasteiger partial charge in [-0.3, -0.25) is 9.48 Å². The van der Waals surface area contributed by atoms with Crippen molar-refractivity contribution >= 4 is 17.4 Å². The van der Waals surface area contributed by atoms with Crippen molar-refractivity contribution in [3.63, 3.8) is 0 Å². The van der Waals surface area contributed by atoms with Gasteiger partial charge in [0.15, 0.2) is 17.2 Å². The maximum atomic E-state index is 13.6. The van der Waals surface area contributed by atoms with Crippen LogP contribution in [-0.2, 0) is 18.1 Å². The zero-order valence-corrected chi connectivity index (χ0v) is 18.6. The van der Waals surface area contributed by atoms with Crippen LogP contribution in [0.1, 0.15) is 53.8 Å². The van der Waals surface area contributed by atoms with Gasteiger partial charge in [-0.25, -0.2) is 9.50 Å². The monoisotopic (exact) mass is 456 g/mol. The van der Waals surface area contributed by atoms with Gasteiger partial charge in [-0.05, 0) is 18.6 Å². The molecule has 1 N–H and O–H groups in total. The summed E-state index contributed by atoms with van der Waals surface area (Å²) >= 11 is 0. The zero-order valence-electron chi connectivity index (χ0n) is 18.6. The maximum Gasteiger partial charge on any atom is 0.433 e. The van der Waals surface area contributed by atoms with Crippen molar-refractivity contribution in [3.8, 4) is 0 Å². The third-order valence-corrected chi connectivity index (χ3v) is 5.03. The number of carbonyl (C=O) groups is 1. The molecule has 4 aromatic rings. The van der Waals surface area contributed by atoms with Crippen molar-refractivity contribution in [2.75, 3.05) is 5.32 Å². The molecule has 0 bridgehead atoms. The van der Waals surface area contributed by atoms with E-state index in [-0.39, 0.29) is 22.9 Å². The first kappa shape index (κ1) is 22.5. The van der Waals surface area contributed by atoms with E-state index in [4.69, 9.17) is 0 Å². The van der Waals surface area contributed by atoms with E-state index < -0.39 is 23.2 Å². The number of rotatable bonds is 4. The van der Waals surface area contributed by atoms with Crippen LogP contribution < -0.4 is 5.32 Å². The Morgan fingerprint density at radius 2 is 1.82 bits per heavy atom. The van der Waals surface area contributed by atoms with E-state index >= 15 is 0 Å². The van der Waals surface area contributed by atoms with Gasteiger partial charge in [0.05, 0.1) is 12.2 Å². The summed E-state index contributed by atoms with van der Waals surface area (Å²) in [4.78, 5) is 17.0. The fourth-order valence-corrected chi connectivity index (χ4v) is 3.37. The number of nitrogens with zero attached hydrogens (tertiary/aromatic N) is 5. The number of nitrogens with one attached hydrogen (secondary N) is 1. The summed E-state index contributed by atoms with van der Waals surface area (Å²) in [5, 5.41) is 10.8. The lowest BCUT2D eigenvalue weighted by Crippen LogP contribution is -2.20. The summed E-state index contributed by atoms with van der Waals surface area (Å²) in [5.74, 6) is -0.407. The Hall–Kier alpha value is -3.69. The third kappa shape index (κ3) is 4.89. The molecular formula is C23H23F3N6O. The van der Waals surface area contributed by atoms with E-state index in [0.717, 1.165) is 17.2 Å². The number of benzene rings is 1. The molecule has 0 aliphatic heterocycles. The molecule has 10 heteroatoms.